The average molecular weight is 220 g/mol. The van der Waals surface area contributed by atoms with Crippen molar-refractivity contribution in [3.63, 3.8) is 0 Å². The molecule has 0 aromatic carbocycles. The molecule has 1 aliphatic heterocycles. The largest absolute Gasteiger partial charge is 0.417 e. The Labute approximate surface area is 85.2 Å². The molecule has 0 bridgehead atoms. The minimum Gasteiger partial charge on any atom is -0.372 e. The van der Waals surface area contributed by atoms with Gasteiger partial charge in [-0.15, -0.1) is 0 Å². The summed E-state index contributed by atoms with van der Waals surface area (Å²) in [5.74, 6) is 0. The number of carbonyl (C=O) groups is 1. The number of likely N-dealkylation sites (N-methyl/N-ethyl adjacent to an activating group) is 1. The quantitative estimate of drug-likeness (QED) is 0.721. The monoisotopic (exact) mass is 220 g/mol. The van der Waals surface area contributed by atoms with Crippen molar-refractivity contribution < 1.29 is 18.0 Å². The summed E-state index contributed by atoms with van der Waals surface area (Å²) in [6.07, 6.45) is -0.341. The van der Waals surface area contributed by atoms with Gasteiger partial charge in [-0.1, -0.05) is 12.2 Å². The first-order valence-corrected chi connectivity index (χ1v) is 4.31. The highest BCUT2D eigenvalue weighted by Crippen LogP contribution is 2.29. The number of hydrogen-bond acceptors (Lipinski definition) is 2. The topological polar surface area (TPSA) is 32.3 Å². The first-order chi connectivity index (χ1) is 6.95. The first kappa shape index (κ1) is 11.6. The molecule has 0 fully saturated rings. The SMILES string of the molecule is CN1C=C(C(F)(F)F)C=CC1CNC=O. The molecule has 0 aromatic heterocycles. The van der Waals surface area contributed by atoms with Gasteiger partial charge in [0.15, 0.2) is 0 Å². The number of nitrogens with one attached hydrogen (secondary N) is 1. The molecule has 0 radical (unpaired) electrons. The Kier molecular flexibility index (Phi) is 3.39. The van der Waals surface area contributed by atoms with Crippen molar-refractivity contribution in [2.75, 3.05) is 13.6 Å². The third kappa shape index (κ3) is 3.00. The number of alkyl halides is 3. The molecule has 1 atom stereocenters. The first-order valence-electron chi connectivity index (χ1n) is 4.31. The van der Waals surface area contributed by atoms with Crippen LogP contribution in [0.3, 0.4) is 0 Å². The maximum Gasteiger partial charge on any atom is 0.417 e. The van der Waals surface area contributed by atoms with E-state index in [2.05, 4.69) is 5.32 Å². The number of rotatable bonds is 3. The molecule has 1 amide bonds. The summed E-state index contributed by atoms with van der Waals surface area (Å²) in [6.45, 7) is 0.290. The van der Waals surface area contributed by atoms with E-state index in [9.17, 15) is 18.0 Å². The minimum atomic E-state index is -4.33. The van der Waals surface area contributed by atoms with Crippen LogP contribution in [0, 0.1) is 0 Å². The van der Waals surface area contributed by atoms with Crippen molar-refractivity contribution in [2.24, 2.45) is 0 Å². The predicted molar refractivity (Wildman–Crippen MR) is 48.9 cm³/mol. The molecule has 1 aliphatic rings. The van der Waals surface area contributed by atoms with E-state index in [1.165, 1.54) is 18.0 Å². The Morgan fingerprint density at radius 1 is 1.60 bits per heavy atom. The molecule has 0 spiro atoms. The van der Waals surface area contributed by atoms with Crippen molar-refractivity contribution in [1.29, 1.82) is 0 Å². The van der Waals surface area contributed by atoms with Crippen LogP contribution in [0.25, 0.3) is 0 Å². The van der Waals surface area contributed by atoms with Gasteiger partial charge in [0, 0.05) is 19.8 Å². The second-order valence-corrected chi connectivity index (χ2v) is 3.20. The van der Waals surface area contributed by atoms with Crippen LogP contribution in [0.5, 0.6) is 0 Å². The fraction of sp³-hybridized carbons (Fsp3) is 0.444. The lowest BCUT2D eigenvalue weighted by molar-refractivity contribution is -0.109. The van der Waals surface area contributed by atoms with Crippen molar-refractivity contribution in [2.45, 2.75) is 12.2 Å². The predicted octanol–water partition coefficient (Wildman–Crippen LogP) is 1.05. The van der Waals surface area contributed by atoms with E-state index in [0.29, 0.717) is 6.41 Å². The summed E-state index contributed by atoms with van der Waals surface area (Å²) in [5, 5.41) is 2.42. The summed E-state index contributed by atoms with van der Waals surface area (Å²) in [5.41, 5.74) is -0.688. The standard InChI is InChI=1S/C9H11F3N2O/c1-14-5-7(9(10,11)12)2-3-8(14)4-13-6-15/h2-3,5-6,8H,4H2,1H3,(H,13,15). The van der Waals surface area contributed by atoms with Gasteiger partial charge < -0.3 is 10.2 Å². The van der Waals surface area contributed by atoms with Gasteiger partial charge in [0.05, 0.1) is 11.6 Å². The molecule has 1 unspecified atom stereocenters. The summed E-state index contributed by atoms with van der Waals surface area (Å²) in [6, 6.07) is -0.235. The number of carbonyl (C=O) groups excluding carboxylic acids is 1. The van der Waals surface area contributed by atoms with Gasteiger partial charge in [-0.2, -0.15) is 13.2 Å². The lowest BCUT2D eigenvalue weighted by atomic mass is 10.1. The van der Waals surface area contributed by atoms with E-state index in [1.54, 1.807) is 0 Å². The third-order valence-electron chi connectivity index (χ3n) is 2.10. The van der Waals surface area contributed by atoms with Crippen LogP contribution in [0.4, 0.5) is 13.2 Å². The molecule has 3 nitrogen and oxygen atoms in total. The summed E-state index contributed by atoms with van der Waals surface area (Å²) in [4.78, 5) is 11.4. The highest BCUT2D eigenvalue weighted by Gasteiger charge is 2.34. The second kappa shape index (κ2) is 4.37. The molecule has 1 N–H and O–H groups in total. The Morgan fingerprint density at radius 3 is 2.73 bits per heavy atom. The molecule has 84 valence electrons. The van der Waals surface area contributed by atoms with Gasteiger partial charge in [-0.25, -0.2) is 0 Å². The average Bonchev–Trinajstić information content (AvgIpc) is 2.14. The molecular formula is C9H11F3N2O. The fourth-order valence-electron chi connectivity index (χ4n) is 1.26. The number of hydrogen-bond donors (Lipinski definition) is 1. The van der Waals surface area contributed by atoms with E-state index in [0.717, 1.165) is 12.3 Å². The molecule has 0 aromatic rings. The van der Waals surface area contributed by atoms with Crippen LogP contribution in [0.1, 0.15) is 0 Å². The van der Waals surface area contributed by atoms with E-state index in [-0.39, 0.29) is 12.6 Å². The van der Waals surface area contributed by atoms with Crippen LogP contribution in [0.2, 0.25) is 0 Å². The molecule has 0 aliphatic carbocycles. The maximum atomic E-state index is 12.3. The van der Waals surface area contributed by atoms with Crippen LogP contribution >= 0.6 is 0 Å². The van der Waals surface area contributed by atoms with Gasteiger partial charge >= 0.3 is 6.18 Å². The van der Waals surface area contributed by atoms with E-state index >= 15 is 0 Å². The molecule has 15 heavy (non-hydrogen) atoms. The lowest BCUT2D eigenvalue weighted by Gasteiger charge is -2.28. The molecule has 6 heteroatoms. The van der Waals surface area contributed by atoms with Crippen molar-refractivity contribution >= 4 is 6.41 Å². The Morgan fingerprint density at radius 2 is 2.27 bits per heavy atom. The fourth-order valence-corrected chi connectivity index (χ4v) is 1.26. The highest BCUT2D eigenvalue weighted by molar-refractivity contribution is 5.46. The van der Waals surface area contributed by atoms with Crippen molar-refractivity contribution in [3.8, 4) is 0 Å². The van der Waals surface area contributed by atoms with Crippen LogP contribution in [-0.4, -0.2) is 37.1 Å². The molecule has 1 heterocycles. The molecule has 0 saturated carbocycles. The number of nitrogens with zero attached hydrogens (tertiary/aromatic N) is 1. The zero-order valence-corrected chi connectivity index (χ0v) is 8.08. The zero-order chi connectivity index (χ0) is 11.5. The minimum absolute atomic E-state index is 0.235. The van der Waals surface area contributed by atoms with Crippen LogP contribution < -0.4 is 5.32 Å². The van der Waals surface area contributed by atoms with E-state index < -0.39 is 11.7 Å². The molecular weight excluding hydrogens is 209 g/mol. The second-order valence-electron chi connectivity index (χ2n) is 3.20. The van der Waals surface area contributed by atoms with E-state index in [4.69, 9.17) is 0 Å². The number of amides is 1. The summed E-state index contributed by atoms with van der Waals surface area (Å²) in [7, 11) is 1.53. The van der Waals surface area contributed by atoms with Crippen molar-refractivity contribution in [3.05, 3.63) is 23.9 Å². The normalized spacial score (nSPS) is 21.2. The Hall–Kier alpha value is -1.46. The van der Waals surface area contributed by atoms with E-state index in [1.807, 2.05) is 0 Å². The summed E-state index contributed by atoms with van der Waals surface area (Å²) < 4.78 is 36.8. The third-order valence-corrected chi connectivity index (χ3v) is 2.10. The van der Waals surface area contributed by atoms with Gasteiger partial charge in [0.25, 0.3) is 0 Å². The number of allylic oxidation sites excluding steroid dienone is 2. The zero-order valence-electron chi connectivity index (χ0n) is 8.08. The Bertz CT molecular complexity index is 296. The Balaban J connectivity index is 2.66. The maximum absolute atomic E-state index is 12.3. The molecule has 0 saturated heterocycles. The van der Waals surface area contributed by atoms with Gasteiger partial charge in [0.1, 0.15) is 0 Å². The van der Waals surface area contributed by atoms with Crippen LogP contribution in [0.15, 0.2) is 23.9 Å². The number of halogens is 3. The summed E-state index contributed by atoms with van der Waals surface area (Å²) >= 11 is 0. The van der Waals surface area contributed by atoms with Gasteiger partial charge in [-0.3, -0.25) is 4.79 Å². The van der Waals surface area contributed by atoms with Crippen LogP contribution in [-0.2, 0) is 4.79 Å². The van der Waals surface area contributed by atoms with Gasteiger partial charge in [0.2, 0.25) is 6.41 Å². The van der Waals surface area contributed by atoms with Gasteiger partial charge in [-0.05, 0) is 0 Å². The smallest absolute Gasteiger partial charge is 0.372 e. The lowest BCUT2D eigenvalue weighted by Crippen LogP contribution is -2.37. The highest BCUT2D eigenvalue weighted by atomic mass is 19.4. The van der Waals surface area contributed by atoms with Crippen molar-refractivity contribution in [1.82, 2.24) is 10.2 Å². The molecule has 1 rings (SSSR count).